The van der Waals surface area contributed by atoms with Gasteiger partial charge in [-0.05, 0) is 31.9 Å². The maximum Gasteiger partial charge on any atom is 0.490 e. The van der Waals surface area contributed by atoms with Crippen LogP contribution in [0.3, 0.4) is 0 Å². The SMILES string of the molecule is CCS(=O)(=O)NCCC1CN(Cc2cccc(C)c2)Cc2ccnn21.O=C(O)C(F)(F)F. The molecule has 1 aliphatic rings. The summed E-state index contributed by atoms with van der Waals surface area (Å²) in [5.41, 5.74) is 3.76. The number of aliphatic carboxylic acids is 1. The Morgan fingerprint density at radius 1 is 1.31 bits per heavy atom. The average Bonchev–Trinajstić information content (AvgIpc) is 3.16. The van der Waals surface area contributed by atoms with Crippen LogP contribution in [0, 0.1) is 6.92 Å². The van der Waals surface area contributed by atoms with Gasteiger partial charge in [0.25, 0.3) is 0 Å². The number of fused-ring (bicyclic) bond motifs is 1. The van der Waals surface area contributed by atoms with Crippen LogP contribution in [0.2, 0.25) is 0 Å². The van der Waals surface area contributed by atoms with Crippen molar-refractivity contribution in [2.24, 2.45) is 0 Å². The Morgan fingerprint density at radius 3 is 2.59 bits per heavy atom. The zero-order chi connectivity index (χ0) is 23.9. The summed E-state index contributed by atoms with van der Waals surface area (Å²) in [4.78, 5) is 11.3. The van der Waals surface area contributed by atoms with E-state index < -0.39 is 22.2 Å². The van der Waals surface area contributed by atoms with E-state index >= 15 is 0 Å². The molecule has 12 heteroatoms. The maximum absolute atomic E-state index is 11.6. The lowest BCUT2D eigenvalue weighted by atomic mass is 10.1. The van der Waals surface area contributed by atoms with E-state index in [-0.39, 0.29) is 11.8 Å². The van der Waals surface area contributed by atoms with Crippen molar-refractivity contribution >= 4 is 16.0 Å². The number of carboxylic acid groups (broad SMARTS) is 1. The minimum absolute atomic E-state index is 0.115. The van der Waals surface area contributed by atoms with Crippen molar-refractivity contribution in [1.82, 2.24) is 19.4 Å². The van der Waals surface area contributed by atoms with E-state index in [9.17, 15) is 21.6 Å². The summed E-state index contributed by atoms with van der Waals surface area (Å²) in [5, 5.41) is 11.6. The van der Waals surface area contributed by atoms with Crippen LogP contribution < -0.4 is 4.72 Å². The first-order valence-corrected chi connectivity index (χ1v) is 11.6. The molecule has 0 amide bonds. The fraction of sp³-hybridized carbons (Fsp3) is 0.500. The molecule has 8 nitrogen and oxygen atoms in total. The van der Waals surface area contributed by atoms with Crippen LogP contribution in [-0.4, -0.2) is 59.2 Å². The highest BCUT2D eigenvalue weighted by molar-refractivity contribution is 7.89. The monoisotopic (exact) mass is 476 g/mol. The number of alkyl halides is 3. The number of sulfonamides is 1. The smallest absolute Gasteiger partial charge is 0.475 e. The molecule has 0 aliphatic carbocycles. The van der Waals surface area contributed by atoms with E-state index in [1.54, 1.807) is 6.92 Å². The van der Waals surface area contributed by atoms with Crippen LogP contribution >= 0.6 is 0 Å². The first kappa shape index (κ1) is 25.8. The highest BCUT2D eigenvalue weighted by Crippen LogP contribution is 2.24. The van der Waals surface area contributed by atoms with Crippen LogP contribution in [-0.2, 0) is 27.9 Å². The molecule has 0 saturated heterocycles. The maximum atomic E-state index is 11.6. The molecule has 1 aromatic carbocycles. The van der Waals surface area contributed by atoms with E-state index in [2.05, 4.69) is 45.9 Å². The van der Waals surface area contributed by atoms with Crippen LogP contribution in [0.25, 0.3) is 0 Å². The second-order valence-electron chi connectivity index (χ2n) is 7.47. The quantitative estimate of drug-likeness (QED) is 0.637. The lowest BCUT2D eigenvalue weighted by molar-refractivity contribution is -0.192. The van der Waals surface area contributed by atoms with Gasteiger partial charge >= 0.3 is 12.1 Å². The van der Waals surface area contributed by atoms with Gasteiger partial charge in [0, 0.05) is 32.4 Å². The second kappa shape index (κ2) is 10.9. The topological polar surface area (TPSA) is 105 Å². The molecule has 1 aliphatic heterocycles. The van der Waals surface area contributed by atoms with E-state index in [4.69, 9.17) is 9.90 Å². The first-order valence-electron chi connectivity index (χ1n) is 9.99. The molecule has 1 aromatic heterocycles. The molecule has 2 heterocycles. The molecular weight excluding hydrogens is 449 g/mol. The van der Waals surface area contributed by atoms with Crippen molar-refractivity contribution in [3.8, 4) is 0 Å². The fourth-order valence-corrected chi connectivity index (χ4v) is 3.98. The molecule has 0 fully saturated rings. The Morgan fingerprint density at radius 2 is 2.00 bits per heavy atom. The zero-order valence-electron chi connectivity index (χ0n) is 17.8. The number of carbonyl (C=O) groups is 1. The lowest BCUT2D eigenvalue weighted by Crippen LogP contribution is -2.39. The molecule has 0 bridgehead atoms. The third-order valence-corrected chi connectivity index (χ3v) is 6.27. The van der Waals surface area contributed by atoms with Gasteiger partial charge in [0.15, 0.2) is 0 Å². The Hall–Kier alpha value is -2.44. The standard InChI is InChI=1S/C18H26N4O2S.C2HF3O2/c1-3-25(23,24)20-10-8-18-14-21(13-17-7-9-19-22(17)18)12-16-6-4-5-15(2)11-16;3-2(4,5)1(6)7/h4-7,9,11,18,20H,3,8,10,12-14H2,1-2H3;(H,6,7). The largest absolute Gasteiger partial charge is 0.490 e. The number of aromatic nitrogens is 2. The zero-order valence-corrected chi connectivity index (χ0v) is 18.7. The Balaban J connectivity index is 0.000000451. The minimum atomic E-state index is -5.08. The summed E-state index contributed by atoms with van der Waals surface area (Å²) in [6, 6.07) is 10.8. The molecule has 3 rings (SSSR count). The average molecular weight is 477 g/mol. The highest BCUT2D eigenvalue weighted by Gasteiger charge is 2.38. The summed E-state index contributed by atoms with van der Waals surface area (Å²) in [6.07, 6.45) is -2.52. The predicted molar refractivity (Wildman–Crippen MR) is 112 cm³/mol. The van der Waals surface area contributed by atoms with E-state index in [0.29, 0.717) is 6.54 Å². The van der Waals surface area contributed by atoms with Gasteiger partial charge in [0.1, 0.15) is 0 Å². The van der Waals surface area contributed by atoms with Crippen molar-refractivity contribution in [2.75, 3.05) is 18.8 Å². The summed E-state index contributed by atoms with van der Waals surface area (Å²) in [7, 11) is -3.14. The number of nitrogens with one attached hydrogen (secondary N) is 1. The molecule has 178 valence electrons. The van der Waals surface area contributed by atoms with Crippen LogP contribution in [0.4, 0.5) is 13.2 Å². The minimum Gasteiger partial charge on any atom is -0.475 e. The van der Waals surface area contributed by atoms with Gasteiger partial charge in [0.05, 0.1) is 17.5 Å². The van der Waals surface area contributed by atoms with Crippen molar-refractivity contribution < 1.29 is 31.5 Å². The van der Waals surface area contributed by atoms with Crippen molar-refractivity contribution in [3.05, 3.63) is 53.3 Å². The Labute approximate surface area is 185 Å². The normalized spacial score (nSPS) is 16.7. The summed E-state index contributed by atoms with van der Waals surface area (Å²) in [6.45, 7) is 6.83. The number of halogens is 3. The van der Waals surface area contributed by atoms with Crippen molar-refractivity contribution in [3.63, 3.8) is 0 Å². The number of hydrogen-bond acceptors (Lipinski definition) is 5. The van der Waals surface area contributed by atoms with Crippen molar-refractivity contribution in [2.45, 2.75) is 45.6 Å². The van der Waals surface area contributed by atoms with E-state index in [1.807, 2.05) is 16.9 Å². The van der Waals surface area contributed by atoms with Crippen LogP contribution in [0.5, 0.6) is 0 Å². The summed E-state index contributed by atoms with van der Waals surface area (Å²) in [5.74, 6) is -2.64. The van der Waals surface area contributed by atoms with Gasteiger partial charge in [-0.3, -0.25) is 9.58 Å². The third-order valence-electron chi connectivity index (χ3n) is 4.86. The molecular formula is C20H27F3N4O4S. The molecule has 1 atom stereocenters. The number of nitrogens with zero attached hydrogens (tertiary/aromatic N) is 3. The second-order valence-corrected chi connectivity index (χ2v) is 9.56. The molecule has 32 heavy (non-hydrogen) atoms. The number of carboxylic acids is 1. The van der Waals surface area contributed by atoms with Gasteiger partial charge in [-0.25, -0.2) is 17.9 Å². The number of benzene rings is 1. The van der Waals surface area contributed by atoms with Crippen LogP contribution in [0.1, 0.15) is 36.2 Å². The summed E-state index contributed by atoms with van der Waals surface area (Å²) >= 11 is 0. The number of rotatable bonds is 7. The first-order chi connectivity index (χ1) is 14.9. The number of hydrogen-bond donors (Lipinski definition) is 2. The fourth-order valence-electron chi connectivity index (χ4n) is 3.35. The van der Waals surface area contributed by atoms with Gasteiger partial charge in [-0.15, -0.1) is 0 Å². The number of aryl methyl sites for hydroxylation is 1. The van der Waals surface area contributed by atoms with E-state index in [1.165, 1.54) is 16.8 Å². The lowest BCUT2D eigenvalue weighted by Gasteiger charge is -2.34. The molecule has 2 aromatic rings. The van der Waals surface area contributed by atoms with Crippen molar-refractivity contribution in [1.29, 1.82) is 0 Å². The van der Waals surface area contributed by atoms with E-state index in [0.717, 1.165) is 26.1 Å². The Bertz CT molecular complexity index is 1010. The molecule has 0 radical (unpaired) electrons. The molecule has 0 spiro atoms. The van der Waals surface area contributed by atoms with Crippen LogP contribution in [0.15, 0.2) is 36.5 Å². The molecule has 1 unspecified atom stereocenters. The van der Waals surface area contributed by atoms with Gasteiger partial charge in [-0.2, -0.15) is 18.3 Å². The molecule has 0 saturated carbocycles. The third kappa shape index (κ3) is 7.92. The Kier molecular flexibility index (Phi) is 8.81. The van der Waals surface area contributed by atoms with Gasteiger partial charge < -0.3 is 5.11 Å². The highest BCUT2D eigenvalue weighted by atomic mass is 32.2. The molecule has 2 N–H and O–H groups in total. The summed E-state index contributed by atoms with van der Waals surface area (Å²) < 4.78 is 59.7. The predicted octanol–water partition coefficient (Wildman–Crippen LogP) is 2.71. The van der Waals surface area contributed by atoms with Gasteiger partial charge in [-0.1, -0.05) is 29.8 Å². The van der Waals surface area contributed by atoms with Gasteiger partial charge in [0.2, 0.25) is 10.0 Å².